The van der Waals surface area contributed by atoms with Crippen molar-refractivity contribution in [1.29, 1.82) is 0 Å². The van der Waals surface area contributed by atoms with Crippen LogP contribution in [0.25, 0.3) is 0 Å². The molecule has 0 aliphatic rings. The van der Waals surface area contributed by atoms with Crippen LogP contribution in [-0.4, -0.2) is 67.8 Å². The molecule has 0 saturated carbocycles. The Balaban J connectivity index is 2.19. The van der Waals surface area contributed by atoms with Crippen LogP contribution in [0.3, 0.4) is 0 Å². The van der Waals surface area contributed by atoms with Gasteiger partial charge in [0.1, 0.15) is 0 Å². The van der Waals surface area contributed by atoms with Crippen LogP contribution in [0.1, 0.15) is 0 Å². The molecule has 0 aromatic heterocycles. The Hall–Kier alpha value is 2.32. The van der Waals surface area contributed by atoms with E-state index < -0.39 is 22.0 Å². The van der Waals surface area contributed by atoms with E-state index >= 15 is 0 Å². The average Bonchev–Trinajstić information content (AvgIpc) is 1.41. The van der Waals surface area contributed by atoms with E-state index in [1.807, 2.05) is 0 Å². The predicted molar refractivity (Wildman–Crippen MR) is 30.6 cm³/mol. The Morgan fingerprint density at radius 3 is 1.60 bits per heavy atom. The van der Waals surface area contributed by atoms with Gasteiger partial charge in [0.2, 0.25) is 0 Å². The third-order valence-corrected chi connectivity index (χ3v) is 10.6. The summed E-state index contributed by atoms with van der Waals surface area (Å²) >= 11 is 0.0975. The molecule has 0 fully saturated rings. The first-order valence-corrected chi connectivity index (χ1v) is 9.35. The molecule has 5 heteroatoms. The van der Waals surface area contributed by atoms with Crippen molar-refractivity contribution in [2.45, 2.75) is 0 Å². The van der Waals surface area contributed by atoms with Crippen molar-refractivity contribution in [3.05, 3.63) is 0 Å². The van der Waals surface area contributed by atoms with E-state index in [-0.39, 0.29) is 0 Å². The van der Waals surface area contributed by atoms with Crippen LogP contribution in [0.2, 0.25) is 0 Å². The average molecular weight is 396 g/mol. The van der Waals surface area contributed by atoms with E-state index in [9.17, 15) is 0 Å². The Kier molecular flexibility index (Phi) is 9.24. The van der Waals surface area contributed by atoms with Crippen molar-refractivity contribution < 1.29 is 2.82 Å². The van der Waals surface area contributed by atoms with Crippen molar-refractivity contribution in [1.82, 2.24) is 0 Å². The summed E-state index contributed by atoms with van der Waals surface area (Å²) in [6.07, 6.45) is 0. The van der Waals surface area contributed by atoms with Gasteiger partial charge in [-0.2, -0.15) is 0 Å². The van der Waals surface area contributed by atoms with Gasteiger partial charge in [-0.05, 0) is 0 Å². The molecule has 0 rings (SSSR count). The van der Waals surface area contributed by atoms with E-state index in [2.05, 4.69) is 0 Å². The van der Waals surface area contributed by atoms with Crippen LogP contribution in [0, 0.1) is 0 Å². The molecule has 2 nitrogen and oxygen atoms in total. The molecule has 0 heterocycles. The summed E-state index contributed by atoms with van der Waals surface area (Å²) < 4.78 is 9.88. The Morgan fingerprint density at radius 1 is 1.20 bits per heavy atom. The zero-order valence-electron chi connectivity index (χ0n) is 3.52. The molecule has 0 amide bonds. The third kappa shape index (κ3) is 6.32. The molecule has 32 valence electrons. The molecule has 0 spiro atoms. The van der Waals surface area contributed by atoms with Gasteiger partial charge in [0.05, 0.1) is 0 Å². The summed E-state index contributed by atoms with van der Waals surface area (Å²) in [4.78, 5) is 0. The molecule has 0 atom stereocenters. The van der Waals surface area contributed by atoms with Gasteiger partial charge < -0.3 is 0 Å². The number of hydrogen-bond acceptors (Lipinski definition) is 2. The monoisotopic (exact) mass is 400 g/mol. The Morgan fingerprint density at radius 2 is 1.60 bits per heavy atom. The number of hydrogen-bond donors (Lipinski definition) is 0. The van der Waals surface area contributed by atoms with Crippen molar-refractivity contribution in [2.24, 2.45) is 0 Å². The molecule has 0 aliphatic heterocycles. The van der Waals surface area contributed by atoms with Crippen LogP contribution >= 0.6 is 0 Å². The Bertz CT molecular complexity index is 12.4. The summed E-state index contributed by atoms with van der Waals surface area (Å²) in [5, 5.41) is 0. The zero-order valence-corrected chi connectivity index (χ0v) is 19.0. The summed E-state index contributed by atoms with van der Waals surface area (Å²) in [7, 11) is 0. The van der Waals surface area contributed by atoms with Crippen molar-refractivity contribution >= 4 is 67.8 Å². The van der Waals surface area contributed by atoms with Crippen LogP contribution in [0.5, 0.6) is 0 Å². The summed E-state index contributed by atoms with van der Waals surface area (Å²) in [6.45, 7) is 0. The summed E-state index contributed by atoms with van der Waals surface area (Å²) in [5.74, 6) is 0. The second-order valence-corrected chi connectivity index (χ2v) is 26.8. The maximum atomic E-state index is 4.94. The van der Waals surface area contributed by atoms with E-state index in [0.717, 1.165) is 0 Å². The molecule has 0 radical (unpaired) electrons. The van der Waals surface area contributed by atoms with Gasteiger partial charge >= 0.3 is 70.7 Å². The molecule has 0 N–H and O–H groups in total. The molecule has 0 bridgehead atoms. The summed E-state index contributed by atoms with van der Waals surface area (Å²) in [6, 6.07) is 0. The topological polar surface area (TPSA) is 18.5 Å². The zero-order chi connectivity index (χ0) is 4.12. The normalized spacial score (nSPS) is 12.0. The minimum atomic E-state index is -0.871. The molecule has 0 saturated heterocycles. The van der Waals surface area contributed by atoms with E-state index in [4.69, 9.17) is 2.82 Å². The standard InChI is InChI=1S/2O.3Sn.8H. The van der Waals surface area contributed by atoms with Gasteiger partial charge in [-0.1, -0.05) is 0 Å². The fourth-order valence-electron chi connectivity index (χ4n) is 0.118. The van der Waals surface area contributed by atoms with Gasteiger partial charge in [-0.3, -0.25) is 0 Å². The fourth-order valence-corrected chi connectivity index (χ4v) is 35.6. The SMILES string of the molecule is [SnH3][O][SnH2][O][SnH3]. The van der Waals surface area contributed by atoms with Gasteiger partial charge in [-0.25, -0.2) is 0 Å². The van der Waals surface area contributed by atoms with Crippen LogP contribution < -0.4 is 0 Å². The molecule has 5 heavy (non-hydrogen) atoms. The third-order valence-electron chi connectivity index (χ3n) is 0.236. The van der Waals surface area contributed by atoms with Gasteiger partial charge in [0.25, 0.3) is 0 Å². The van der Waals surface area contributed by atoms with Gasteiger partial charge in [0.15, 0.2) is 0 Å². The van der Waals surface area contributed by atoms with Crippen molar-refractivity contribution in [3.8, 4) is 0 Å². The van der Waals surface area contributed by atoms with Crippen molar-refractivity contribution in [2.75, 3.05) is 0 Å². The van der Waals surface area contributed by atoms with Crippen LogP contribution in [0.15, 0.2) is 0 Å². The minimum absolute atomic E-state index is 0.484. The first-order valence-electron chi connectivity index (χ1n) is 1.39. The van der Waals surface area contributed by atoms with Crippen LogP contribution in [-0.2, 0) is 2.82 Å². The van der Waals surface area contributed by atoms with E-state index in [0.29, 0.717) is 45.9 Å². The summed E-state index contributed by atoms with van der Waals surface area (Å²) in [5.41, 5.74) is 0. The number of rotatable bonds is 2. The fraction of sp³-hybridized carbons (Fsp3) is 0. The first kappa shape index (κ1) is 7.32. The quantitative estimate of drug-likeness (QED) is 0.453. The predicted octanol–water partition coefficient (Wildman–Crippen LogP) is -3.42. The second kappa shape index (κ2) is 6.32. The molecule has 0 aliphatic carbocycles. The molecule has 0 aromatic carbocycles. The van der Waals surface area contributed by atoms with Gasteiger partial charge in [-0.15, -0.1) is 0 Å². The first-order chi connectivity index (χ1) is 2.41. The van der Waals surface area contributed by atoms with Gasteiger partial charge in [0, 0.05) is 0 Å². The molecular formula is H8O2Sn3. The molecular weight excluding hydrogens is 388 g/mol. The van der Waals surface area contributed by atoms with Crippen molar-refractivity contribution in [3.63, 3.8) is 0 Å². The Labute approximate surface area is 69.6 Å². The van der Waals surface area contributed by atoms with E-state index in [1.165, 1.54) is 0 Å². The maximum absolute atomic E-state index is 4.94. The van der Waals surface area contributed by atoms with Crippen LogP contribution in [0.4, 0.5) is 0 Å². The van der Waals surface area contributed by atoms with E-state index in [1.54, 1.807) is 0 Å². The molecule has 0 aromatic rings. The molecule has 0 unspecified atom stereocenters. The second-order valence-electron chi connectivity index (χ2n) is 0.695.